The fraction of sp³-hybridized carbons (Fsp3) is 0.214. The number of piperazine rings is 1. The van der Waals surface area contributed by atoms with E-state index in [9.17, 15) is 10.1 Å². The number of nitrogens with zero attached hydrogens (tertiary/aromatic N) is 3. The summed E-state index contributed by atoms with van der Waals surface area (Å²) >= 11 is 5.79. The molecule has 7 nitrogen and oxygen atoms in total. The molecule has 0 aromatic heterocycles. The van der Waals surface area contributed by atoms with E-state index >= 15 is 0 Å². The number of hydrogen-bond acceptors (Lipinski definition) is 6. The molecule has 0 N–H and O–H groups in total. The number of rotatable bonds is 6. The molecule has 0 radical (unpaired) electrons. The second kappa shape index (κ2) is 11.4. The van der Waals surface area contributed by atoms with E-state index in [1.54, 1.807) is 11.0 Å². The number of carbonyl (C=O) groups is 1. The summed E-state index contributed by atoms with van der Waals surface area (Å²) in [5, 5.41) is 9.75. The highest BCUT2D eigenvalue weighted by Crippen LogP contribution is 2.35. The molecule has 0 saturated carbocycles. The van der Waals surface area contributed by atoms with Gasteiger partial charge in [-0.3, -0.25) is 4.79 Å². The molecule has 37 heavy (non-hydrogen) atoms. The van der Waals surface area contributed by atoms with Crippen LogP contribution in [0.4, 0.5) is 5.69 Å². The average Bonchev–Trinajstić information content (AvgIpc) is 3.39. The number of benzene rings is 3. The molecule has 5 rings (SSSR count). The van der Waals surface area contributed by atoms with Gasteiger partial charge >= 0.3 is 0 Å². The van der Waals surface area contributed by atoms with Crippen LogP contribution in [0.1, 0.15) is 11.1 Å². The SMILES string of the molecule is N#C/C(=C/c1cc(Br)c(OCc2ccc3c(c2)OCO3)c(I)c1)C(=O)N1CCN(c2ccccc2)CC1. The van der Waals surface area contributed by atoms with Crippen LogP contribution in [0, 0.1) is 14.9 Å². The summed E-state index contributed by atoms with van der Waals surface area (Å²) in [6, 6.07) is 21.7. The Morgan fingerprint density at radius 2 is 1.81 bits per heavy atom. The van der Waals surface area contributed by atoms with Crippen molar-refractivity contribution in [2.75, 3.05) is 37.9 Å². The fourth-order valence-corrected chi connectivity index (χ4v) is 6.04. The first-order valence-electron chi connectivity index (χ1n) is 11.7. The van der Waals surface area contributed by atoms with Gasteiger partial charge in [-0.05, 0) is 92.1 Å². The van der Waals surface area contributed by atoms with Gasteiger partial charge < -0.3 is 24.0 Å². The maximum absolute atomic E-state index is 13.1. The van der Waals surface area contributed by atoms with Crippen LogP contribution in [0.15, 0.2) is 70.7 Å². The minimum absolute atomic E-state index is 0.116. The molecule has 1 saturated heterocycles. The predicted octanol–water partition coefficient (Wildman–Crippen LogP) is 5.62. The number of halogens is 2. The number of amides is 1. The molecular formula is C28H23BrIN3O4. The molecule has 2 aliphatic heterocycles. The van der Waals surface area contributed by atoms with Crippen LogP contribution in [0.25, 0.3) is 6.08 Å². The smallest absolute Gasteiger partial charge is 0.264 e. The van der Waals surface area contributed by atoms with Gasteiger partial charge in [0.25, 0.3) is 5.91 Å². The Hall–Kier alpha value is -3.23. The Morgan fingerprint density at radius 1 is 1.05 bits per heavy atom. The van der Waals surface area contributed by atoms with Gasteiger partial charge in [-0.2, -0.15) is 5.26 Å². The van der Waals surface area contributed by atoms with Gasteiger partial charge in [0.15, 0.2) is 11.5 Å². The highest BCUT2D eigenvalue weighted by Gasteiger charge is 2.24. The molecular weight excluding hydrogens is 649 g/mol. The fourth-order valence-electron chi connectivity index (χ4n) is 4.27. The van der Waals surface area contributed by atoms with Gasteiger partial charge in [-0.25, -0.2) is 0 Å². The molecule has 0 atom stereocenters. The van der Waals surface area contributed by atoms with Crippen molar-refractivity contribution in [1.82, 2.24) is 4.90 Å². The number of carbonyl (C=O) groups excluding carboxylic acids is 1. The topological polar surface area (TPSA) is 75.0 Å². The van der Waals surface area contributed by atoms with Crippen molar-refractivity contribution in [3.8, 4) is 23.3 Å². The van der Waals surface area contributed by atoms with Crippen molar-refractivity contribution < 1.29 is 19.0 Å². The molecule has 0 aliphatic carbocycles. The lowest BCUT2D eigenvalue weighted by molar-refractivity contribution is -0.126. The minimum atomic E-state index is -0.246. The normalized spacial score (nSPS) is 14.9. The van der Waals surface area contributed by atoms with Gasteiger partial charge in [0.1, 0.15) is 24.0 Å². The van der Waals surface area contributed by atoms with Crippen molar-refractivity contribution in [3.05, 3.63) is 85.4 Å². The summed E-state index contributed by atoms with van der Waals surface area (Å²) in [6.07, 6.45) is 1.64. The quantitative estimate of drug-likeness (QED) is 0.193. The van der Waals surface area contributed by atoms with Crippen LogP contribution in [-0.2, 0) is 11.4 Å². The van der Waals surface area contributed by atoms with E-state index in [1.807, 2.05) is 48.5 Å². The molecule has 0 unspecified atom stereocenters. The molecule has 188 valence electrons. The van der Waals surface area contributed by atoms with E-state index < -0.39 is 0 Å². The second-order valence-electron chi connectivity index (χ2n) is 8.57. The maximum atomic E-state index is 13.1. The average molecular weight is 672 g/mol. The van der Waals surface area contributed by atoms with E-state index in [2.05, 4.69) is 61.6 Å². The van der Waals surface area contributed by atoms with Gasteiger partial charge in [-0.15, -0.1) is 0 Å². The number of ether oxygens (including phenoxy) is 3. The van der Waals surface area contributed by atoms with Crippen molar-refractivity contribution >= 4 is 56.2 Å². The lowest BCUT2D eigenvalue weighted by Crippen LogP contribution is -2.49. The summed E-state index contributed by atoms with van der Waals surface area (Å²) in [5.41, 5.74) is 2.97. The van der Waals surface area contributed by atoms with Crippen LogP contribution in [-0.4, -0.2) is 43.8 Å². The van der Waals surface area contributed by atoms with Crippen molar-refractivity contribution in [2.45, 2.75) is 6.61 Å². The molecule has 3 aromatic rings. The third-order valence-corrected chi connectivity index (χ3v) is 7.58. The monoisotopic (exact) mass is 671 g/mol. The van der Waals surface area contributed by atoms with Crippen LogP contribution >= 0.6 is 38.5 Å². The van der Waals surface area contributed by atoms with Crippen molar-refractivity contribution in [3.63, 3.8) is 0 Å². The number of para-hydroxylation sites is 1. The maximum Gasteiger partial charge on any atom is 0.264 e. The molecule has 0 spiro atoms. The Kier molecular flexibility index (Phi) is 7.86. The van der Waals surface area contributed by atoms with Crippen molar-refractivity contribution in [2.24, 2.45) is 0 Å². The minimum Gasteiger partial charge on any atom is -0.487 e. The highest BCUT2D eigenvalue weighted by molar-refractivity contribution is 14.1. The Bertz CT molecular complexity index is 1360. The highest BCUT2D eigenvalue weighted by atomic mass is 127. The standard InChI is InChI=1S/C28H23BrIN3O4/c29-23-13-20(14-24(30)27(23)35-17-19-6-7-25-26(15-19)37-18-36-25)12-21(16-31)28(34)33-10-8-32(9-11-33)22-4-2-1-3-5-22/h1-7,12-15H,8-11,17-18H2/b21-12-. The first-order chi connectivity index (χ1) is 18.0. The molecule has 9 heteroatoms. The van der Waals surface area contributed by atoms with Gasteiger partial charge in [0.2, 0.25) is 6.79 Å². The number of anilines is 1. The summed E-state index contributed by atoms with van der Waals surface area (Å²) < 4.78 is 18.5. The van der Waals surface area contributed by atoms with Crippen LogP contribution in [0.5, 0.6) is 17.2 Å². The van der Waals surface area contributed by atoms with Crippen LogP contribution < -0.4 is 19.1 Å². The Labute approximate surface area is 237 Å². The first kappa shape index (κ1) is 25.4. The van der Waals surface area contributed by atoms with Gasteiger partial charge in [-0.1, -0.05) is 24.3 Å². The molecule has 0 bridgehead atoms. The summed E-state index contributed by atoms with van der Waals surface area (Å²) in [5.74, 6) is 1.89. The largest absolute Gasteiger partial charge is 0.487 e. The van der Waals surface area contributed by atoms with Gasteiger partial charge in [0, 0.05) is 31.9 Å². The summed E-state index contributed by atoms with van der Waals surface area (Å²) in [4.78, 5) is 17.1. The number of fused-ring (bicyclic) bond motifs is 1. The number of nitriles is 1. The lowest BCUT2D eigenvalue weighted by atomic mass is 10.1. The summed E-state index contributed by atoms with van der Waals surface area (Å²) in [7, 11) is 0. The second-order valence-corrected chi connectivity index (χ2v) is 10.6. The Balaban J connectivity index is 1.24. The molecule has 1 fully saturated rings. The van der Waals surface area contributed by atoms with E-state index in [-0.39, 0.29) is 18.3 Å². The van der Waals surface area contributed by atoms with Gasteiger partial charge in [0.05, 0.1) is 8.04 Å². The summed E-state index contributed by atoms with van der Waals surface area (Å²) in [6.45, 7) is 3.19. The third kappa shape index (κ3) is 5.86. The third-order valence-electron chi connectivity index (χ3n) is 6.19. The lowest BCUT2D eigenvalue weighted by Gasteiger charge is -2.36. The predicted molar refractivity (Wildman–Crippen MR) is 153 cm³/mol. The Morgan fingerprint density at radius 3 is 2.54 bits per heavy atom. The van der Waals surface area contributed by atoms with E-state index in [1.165, 1.54) is 0 Å². The molecule has 2 heterocycles. The van der Waals surface area contributed by atoms with Crippen LogP contribution in [0.2, 0.25) is 0 Å². The zero-order valence-corrected chi connectivity index (χ0v) is 23.6. The molecule has 2 aliphatic rings. The first-order valence-corrected chi connectivity index (χ1v) is 13.6. The zero-order chi connectivity index (χ0) is 25.8. The molecule has 1 amide bonds. The van der Waals surface area contributed by atoms with E-state index in [4.69, 9.17) is 14.2 Å². The van der Waals surface area contributed by atoms with E-state index in [0.717, 1.165) is 43.7 Å². The number of hydrogen-bond donors (Lipinski definition) is 0. The van der Waals surface area contributed by atoms with Crippen molar-refractivity contribution in [1.29, 1.82) is 5.26 Å². The zero-order valence-electron chi connectivity index (χ0n) is 19.8. The van der Waals surface area contributed by atoms with Crippen LogP contribution in [0.3, 0.4) is 0 Å². The van der Waals surface area contributed by atoms with E-state index in [0.29, 0.717) is 31.2 Å². The molecule has 3 aromatic carbocycles.